The number of unbranched alkanes of at least 4 members (excludes halogenated alkanes) is 3. The highest BCUT2D eigenvalue weighted by molar-refractivity contribution is 7.89. The van der Waals surface area contributed by atoms with Gasteiger partial charge in [-0.05, 0) is 52.4 Å². The van der Waals surface area contributed by atoms with Gasteiger partial charge in [-0.3, -0.25) is 14.3 Å². The van der Waals surface area contributed by atoms with Crippen LogP contribution >= 0.6 is 0 Å². The van der Waals surface area contributed by atoms with Gasteiger partial charge in [-0.1, -0.05) is 50.5 Å². The van der Waals surface area contributed by atoms with Crippen LogP contribution in [0.4, 0.5) is 0 Å². The molecule has 0 bridgehead atoms. The molecule has 35 heavy (non-hydrogen) atoms. The first-order valence-corrected chi connectivity index (χ1v) is 14.5. The van der Waals surface area contributed by atoms with E-state index in [0.717, 1.165) is 25.5 Å². The van der Waals surface area contributed by atoms with Gasteiger partial charge in [0.25, 0.3) is 0 Å². The fraction of sp³-hybridized carbons (Fsp3) is 0.769. The Hall–Kier alpha value is -1.71. The summed E-state index contributed by atoms with van der Waals surface area (Å²) in [5.41, 5.74) is -0.653. The summed E-state index contributed by atoms with van der Waals surface area (Å²) in [7, 11) is -3.54. The molecule has 0 spiro atoms. The molecule has 0 aliphatic heterocycles. The average molecular weight is 516 g/mol. The smallest absolute Gasteiger partial charge is 0.311 e. The number of sulfonamides is 1. The monoisotopic (exact) mass is 515 g/mol. The van der Waals surface area contributed by atoms with E-state index in [2.05, 4.69) is 6.92 Å². The zero-order chi connectivity index (χ0) is 26.6. The second-order valence-corrected chi connectivity index (χ2v) is 12.3. The van der Waals surface area contributed by atoms with Gasteiger partial charge in [0.1, 0.15) is 6.10 Å². The minimum Gasteiger partial charge on any atom is -0.461 e. The normalized spacial score (nSPS) is 24.2. The Morgan fingerprint density at radius 1 is 1.17 bits per heavy atom. The fourth-order valence-electron chi connectivity index (χ4n) is 4.09. The molecule has 0 aromatic carbocycles. The molecular formula is C26H45NO7S. The summed E-state index contributed by atoms with van der Waals surface area (Å²) in [6.45, 7) is 7.48. The van der Waals surface area contributed by atoms with Gasteiger partial charge in [0.05, 0.1) is 23.9 Å². The maximum absolute atomic E-state index is 12.5. The van der Waals surface area contributed by atoms with Crippen molar-refractivity contribution in [1.29, 1.82) is 0 Å². The Morgan fingerprint density at radius 3 is 2.46 bits per heavy atom. The Morgan fingerprint density at radius 2 is 1.86 bits per heavy atom. The topological polar surface area (TPSA) is 130 Å². The van der Waals surface area contributed by atoms with Gasteiger partial charge in [-0.15, -0.1) is 0 Å². The molecule has 5 atom stereocenters. The molecule has 1 rings (SSSR count). The zero-order valence-electron chi connectivity index (χ0n) is 21.9. The van der Waals surface area contributed by atoms with Gasteiger partial charge in [-0.2, -0.15) is 0 Å². The van der Waals surface area contributed by atoms with Crippen molar-refractivity contribution in [3.63, 3.8) is 0 Å². The second-order valence-electron chi connectivity index (χ2n) is 10.6. The number of carbonyl (C=O) groups is 2. The van der Waals surface area contributed by atoms with Crippen molar-refractivity contribution in [3.8, 4) is 0 Å². The van der Waals surface area contributed by atoms with Crippen molar-refractivity contribution in [2.45, 2.75) is 104 Å². The summed E-state index contributed by atoms with van der Waals surface area (Å²) in [5.74, 6) is -1.24. The first kappa shape index (κ1) is 31.3. The molecule has 8 nitrogen and oxygen atoms in total. The molecule has 0 radical (unpaired) electrons. The summed E-state index contributed by atoms with van der Waals surface area (Å²) in [6.07, 6.45) is 12.6. The van der Waals surface area contributed by atoms with Gasteiger partial charge in [0, 0.05) is 18.8 Å². The van der Waals surface area contributed by atoms with E-state index in [9.17, 15) is 28.2 Å². The minimum absolute atomic E-state index is 0.107. The fourth-order valence-corrected chi connectivity index (χ4v) is 4.61. The summed E-state index contributed by atoms with van der Waals surface area (Å²) in [6, 6.07) is 0. The molecule has 202 valence electrons. The van der Waals surface area contributed by atoms with E-state index in [1.54, 1.807) is 26.8 Å². The molecule has 9 heteroatoms. The third-order valence-corrected chi connectivity index (χ3v) is 6.67. The molecule has 1 aliphatic rings. The van der Waals surface area contributed by atoms with Gasteiger partial charge in [0.15, 0.2) is 0 Å². The SMILES string of the molecule is CCCCCC(O)/C=C/C1C(OC(=O)C(C)(C)C)CC(O)C1C/C=C/CCCC(=O)NS(C)(=O)=O. The maximum Gasteiger partial charge on any atom is 0.311 e. The summed E-state index contributed by atoms with van der Waals surface area (Å²) < 4.78 is 29.9. The standard InChI is InChI=1S/C26H45NO7S/c1-6-7-10-13-19(28)16-17-21-20(22(29)18-23(21)34-25(31)26(2,3)4)14-11-8-9-12-15-24(30)27-35(5,32)33/h8,11,16-17,19-23,28-29H,6-7,9-10,12-15,18H2,1-5H3,(H,27,30)/b11-8+,17-16+. The van der Waals surface area contributed by atoms with E-state index in [0.29, 0.717) is 32.1 Å². The molecule has 0 heterocycles. The van der Waals surface area contributed by atoms with Crippen LogP contribution in [0.3, 0.4) is 0 Å². The molecule has 1 aliphatic carbocycles. The highest BCUT2D eigenvalue weighted by atomic mass is 32.2. The second kappa shape index (κ2) is 14.8. The number of hydrogen-bond acceptors (Lipinski definition) is 7. The first-order chi connectivity index (χ1) is 16.2. The van der Waals surface area contributed by atoms with Crippen LogP contribution in [0, 0.1) is 17.3 Å². The van der Waals surface area contributed by atoms with E-state index >= 15 is 0 Å². The minimum atomic E-state index is -3.54. The lowest BCUT2D eigenvalue weighted by molar-refractivity contribution is -0.160. The molecule has 1 amide bonds. The number of amides is 1. The van der Waals surface area contributed by atoms with E-state index in [-0.39, 0.29) is 24.2 Å². The largest absolute Gasteiger partial charge is 0.461 e. The van der Waals surface area contributed by atoms with E-state index < -0.39 is 39.7 Å². The number of hydrogen-bond donors (Lipinski definition) is 3. The molecule has 3 N–H and O–H groups in total. The lowest BCUT2D eigenvalue weighted by Gasteiger charge is -2.25. The number of nitrogens with one attached hydrogen (secondary N) is 1. The summed E-state index contributed by atoms with van der Waals surface area (Å²) >= 11 is 0. The van der Waals surface area contributed by atoms with Crippen LogP contribution in [0.5, 0.6) is 0 Å². The number of carbonyl (C=O) groups excluding carboxylic acids is 2. The lowest BCUT2D eigenvalue weighted by atomic mass is 9.89. The Bertz CT molecular complexity index is 829. The van der Waals surface area contributed by atoms with Crippen LogP contribution in [-0.4, -0.2) is 55.1 Å². The summed E-state index contributed by atoms with van der Waals surface area (Å²) in [4.78, 5) is 24.1. The third-order valence-electron chi connectivity index (χ3n) is 6.07. The highest BCUT2D eigenvalue weighted by Gasteiger charge is 2.43. The van der Waals surface area contributed by atoms with Crippen molar-refractivity contribution < 1.29 is 33.0 Å². The molecular weight excluding hydrogens is 470 g/mol. The van der Waals surface area contributed by atoms with Gasteiger partial charge < -0.3 is 14.9 Å². The maximum atomic E-state index is 12.5. The lowest BCUT2D eigenvalue weighted by Crippen LogP contribution is -2.31. The number of ether oxygens (including phenoxy) is 1. The van der Waals surface area contributed by atoms with Crippen LogP contribution in [0.25, 0.3) is 0 Å². The Kier molecular flexibility index (Phi) is 13.2. The number of rotatable bonds is 14. The van der Waals surface area contributed by atoms with Crippen LogP contribution < -0.4 is 4.72 Å². The molecule has 0 aromatic heterocycles. The van der Waals surface area contributed by atoms with E-state index in [4.69, 9.17) is 4.74 Å². The predicted octanol–water partition coefficient (Wildman–Crippen LogP) is 3.63. The van der Waals surface area contributed by atoms with E-state index in [1.165, 1.54) is 0 Å². The van der Waals surface area contributed by atoms with Gasteiger partial charge in [0.2, 0.25) is 15.9 Å². The Balaban J connectivity index is 2.76. The van der Waals surface area contributed by atoms with Crippen molar-refractivity contribution in [3.05, 3.63) is 24.3 Å². The molecule has 5 unspecified atom stereocenters. The van der Waals surface area contributed by atoms with Crippen molar-refractivity contribution in [2.24, 2.45) is 17.3 Å². The number of esters is 1. The third kappa shape index (κ3) is 12.7. The van der Waals surface area contributed by atoms with Crippen LogP contribution in [-0.2, 0) is 24.3 Å². The highest BCUT2D eigenvalue weighted by Crippen LogP contribution is 2.39. The van der Waals surface area contributed by atoms with E-state index in [1.807, 2.05) is 23.0 Å². The number of aliphatic hydroxyl groups is 2. The van der Waals surface area contributed by atoms with Gasteiger partial charge in [-0.25, -0.2) is 8.42 Å². The Labute approximate surface area is 211 Å². The molecule has 0 saturated heterocycles. The number of allylic oxidation sites excluding steroid dienone is 2. The van der Waals surface area contributed by atoms with Crippen molar-refractivity contribution in [1.82, 2.24) is 4.72 Å². The van der Waals surface area contributed by atoms with Crippen molar-refractivity contribution >= 4 is 21.9 Å². The first-order valence-electron chi connectivity index (χ1n) is 12.7. The van der Waals surface area contributed by atoms with Gasteiger partial charge >= 0.3 is 5.97 Å². The quantitative estimate of drug-likeness (QED) is 0.183. The molecule has 0 aromatic rings. The summed E-state index contributed by atoms with van der Waals surface area (Å²) in [5, 5.41) is 21.1. The van der Waals surface area contributed by atoms with Crippen LogP contribution in [0.15, 0.2) is 24.3 Å². The zero-order valence-corrected chi connectivity index (χ0v) is 22.7. The number of aliphatic hydroxyl groups excluding tert-OH is 2. The molecule has 1 saturated carbocycles. The van der Waals surface area contributed by atoms with Crippen molar-refractivity contribution in [2.75, 3.05) is 6.26 Å². The molecule has 1 fully saturated rings. The van der Waals surface area contributed by atoms with Crippen LogP contribution in [0.1, 0.15) is 85.5 Å². The predicted molar refractivity (Wildman–Crippen MR) is 137 cm³/mol. The van der Waals surface area contributed by atoms with Crippen LogP contribution in [0.2, 0.25) is 0 Å². The average Bonchev–Trinajstić information content (AvgIpc) is 3.01.